The Morgan fingerprint density at radius 1 is 1.29 bits per heavy atom. The van der Waals surface area contributed by atoms with Gasteiger partial charge in [-0.2, -0.15) is 0 Å². The second-order valence-corrected chi connectivity index (χ2v) is 5.91. The van der Waals surface area contributed by atoms with Gasteiger partial charge in [0.05, 0.1) is 12.8 Å². The Balaban J connectivity index is 3.96. The third kappa shape index (κ3) is 5.19. The molecular weight excluding hydrogens is 236 g/mol. The molecule has 0 amide bonds. The molecule has 0 aliphatic carbocycles. The molecule has 0 aromatic rings. The summed E-state index contributed by atoms with van der Waals surface area (Å²) >= 11 is 0. The fourth-order valence-electron chi connectivity index (χ4n) is 0.556. The van der Waals surface area contributed by atoms with Crippen LogP contribution in [0.15, 0.2) is 0 Å². The highest BCUT2D eigenvalue weighted by atomic mass is 31.2. The van der Waals surface area contributed by atoms with E-state index in [1.807, 2.05) is 0 Å². The predicted octanol–water partition coefficient (Wildman–Crippen LogP) is 0.480. The Bertz CT molecular complexity index is 248. The maximum absolute atomic E-state index is 11.4. The minimum absolute atomic E-state index is 0.173. The lowest BCUT2D eigenvalue weighted by molar-refractivity contribution is 0.155. The SMILES string of the molecule is COP(=O)(CCOP(=O)(O)ON)OC. The molecule has 86 valence electrons. The van der Waals surface area contributed by atoms with E-state index in [9.17, 15) is 9.13 Å². The van der Waals surface area contributed by atoms with Gasteiger partial charge >= 0.3 is 15.4 Å². The molecule has 0 saturated carbocycles. The molecule has 0 aliphatic heterocycles. The van der Waals surface area contributed by atoms with E-state index in [2.05, 4.69) is 24.1 Å². The Labute approximate surface area is 81.4 Å². The average Bonchev–Trinajstić information content (AvgIpc) is 2.17. The van der Waals surface area contributed by atoms with Crippen LogP contribution in [0.4, 0.5) is 0 Å². The molecule has 0 saturated heterocycles. The molecule has 10 heteroatoms. The van der Waals surface area contributed by atoms with Crippen LogP contribution in [0.1, 0.15) is 0 Å². The number of hydrogen-bond donors (Lipinski definition) is 2. The van der Waals surface area contributed by atoms with Crippen LogP contribution < -0.4 is 5.90 Å². The van der Waals surface area contributed by atoms with Crippen molar-refractivity contribution in [2.24, 2.45) is 5.90 Å². The minimum Gasteiger partial charge on any atom is -0.312 e. The molecule has 8 nitrogen and oxygen atoms in total. The largest absolute Gasteiger partial charge is 0.488 e. The van der Waals surface area contributed by atoms with E-state index in [1.54, 1.807) is 0 Å². The summed E-state index contributed by atoms with van der Waals surface area (Å²) in [5, 5.41) is 0. The molecule has 0 aromatic heterocycles. The lowest BCUT2D eigenvalue weighted by atomic mass is 10.9. The molecule has 0 bridgehead atoms. The molecular formula is C4H13NO7P2. The maximum atomic E-state index is 11.4. The molecule has 0 aromatic carbocycles. The molecule has 1 atom stereocenters. The van der Waals surface area contributed by atoms with Crippen molar-refractivity contribution in [3.05, 3.63) is 0 Å². The standard InChI is InChI=1S/C4H13NO7P2/c1-9-13(6,10-2)4-3-11-14(7,8)12-5/h3-5H2,1-2H3,(H,7,8). The Hall–Kier alpha value is 0.220. The predicted molar refractivity (Wildman–Crippen MR) is 47.5 cm³/mol. The summed E-state index contributed by atoms with van der Waals surface area (Å²) in [5.41, 5.74) is 0. The van der Waals surface area contributed by atoms with Gasteiger partial charge in [0, 0.05) is 14.2 Å². The first-order valence-electron chi connectivity index (χ1n) is 3.45. The zero-order chi connectivity index (χ0) is 11.2. The van der Waals surface area contributed by atoms with Gasteiger partial charge in [0.25, 0.3) is 0 Å². The average molecular weight is 249 g/mol. The molecule has 0 spiro atoms. The fourth-order valence-corrected chi connectivity index (χ4v) is 1.91. The number of rotatable bonds is 7. The van der Waals surface area contributed by atoms with Gasteiger partial charge in [0.2, 0.25) is 0 Å². The highest BCUT2D eigenvalue weighted by molar-refractivity contribution is 7.53. The van der Waals surface area contributed by atoms with Crippen molar-refractivity contribution in [1.29, 1.82) is 0 Å². The Kier molecular flexibility index (Phi) is 6.04. The third-order valence-corrected chi connectivity index (χ3v) is 3.93. The quantitative estimate of drug-likeness (QED) is 0.494. The summed E-state index contributed by atoms with van der Waals surface area (Å²) in [4.78, 5) is 8.68. The normalized spacial score (nSPS) is 16.6. The summed E-state index contributed by atoms with van der Waals surface area (Å²) in [6.07, 6.45) is -0.173. The zero-order valence-corrected chi connectivity index (χ0v) is 9.57. The summed E-state index contributed by atoms with van der Waals surface area (Å²) in [6, 6.07) is 0. The van der Waals surface area contributed by atoms with Crippen molar-refractivity contribution in [1.82, 2.24) is 0 Å². The molecule has 0 aliphatic rings. The monoisotopic (exact) mass is 249 g/mol. The van der Waals surface area contributed by atoms with Crippen LogP contribution in [0.3, 0.4) is 0 Å². The smallest absolute Gasteiger partial charge is 0.312 e. The van der Waals surface area contributed by atoms with Gasteiger partial charge in [-0.05, 0) is 0 Å². The summed E-state index contributed by atoms with van der Waals surface area (Å²) in [7, 11) is -5.07. The zero-order valence-electron chi connectivity index (χ0n) is 7.78. The molecule has 0 rings (SSSR count). The first-order valence-corrected chi connectivity index (χ1v) is 6.68. The topological polar surface area (TPSA) is 117 Å². The summed E-state index contributed by atoms with van der Waals surface area (Å²) in [6.45, 7) is -0.329. The first kappa shape index (κ1) is 14.2. The van der Waals surface area contributed by atoms with E-state index in [1.165, 1.54) is 14.2 Å². The first-order chi connectivity index (χ1) is 6.39. The Morgan fingerprint density at radius 2 is 1.79 bits per heavy atom. The van der Waals surface area contributed by atoms with Crippen molar-refractivity contribution in [3.8, 4) is 0 Å². The minimum atomic E-state index is -4.23. The lowest BCUT2D eigenvalue weighted by Gasteiger charge is -2.14. The number of hydrogen-bond acceptors (Lipinski definition) is 7. The van der Waals surface area contributed by atoms with Crippen molar-refractivity contribution in [2.45, 2.75) is 0 Å². The van der Waals surface area contributed by atoms with Gasteiger partial charge in [-0.25, -0.2) is 15.1 Å². The molecule has 0 fully saturated rings. The second kappa shape index (κ2) is 5.95. The highest BCUT2D eigenvalue weighted by Gasteiger charge is 2.25. The second-order valence-electron chi connectivity index (χ2n) is 2.11. The van der Waals surface area contributed by atoms with E-state index in [-0.39, 0.29) is 12.8 Å². The van der Waals surface area contributed by atoms with E-state index < -0.39 is 15.4 Å². The van der Waals surface area contributed by atoms with Gasteiger partial charge in [0.15, 0.2) is 0 Å². The summed E-state index contributed by atoms with van der Waals surface area (Å²) in [5.74, 6) is 4.45. The fraction of sp³-hybridized carbons (Fsp3) is 1.00. The highest BCUT2D eigenvalue weighted by Crippen LogP contribution is 2.48. The maximum Gasteiger partial charge on any atom is 0.488 e. The van der Waals surface area contributed by atoms with Crippen molar-refractivity contribution < 1.29 is 32.2 Å². The van der Waals surface area contributed by atoms with Gasteiger partial charge in [0.1, 0.15) is 0 Å². The van der Waals surface area contributed by atoms with Crippen molar-refractivity contribution in [2.75, 3.05) is 27.0 Å². The molecule has 0 heterocycles. The van der Waals surface area contributed by atoms with E-state index in [4.69, 9.17) is 4.89 Å². The molecule has 14 heavy (non-hydrogen) atoms. The van der Waals surface area contributed by atoms with Crippen LogP contribution in [-0.2, 0) is 27.3 Å². The lowest BCUT2D eigenvalue weighted by Crippen LogP contribution is -2.05. The number of phosphoric ester groups is 1. The van der Waals surface area contributed by atoms with Gasteiger partial charge in [-0.3, -0.25) is 9.09 Å². The van der Waals surface area contributed by atoms with Crippen LogP contribution >= 0.6 is 15.4 Å². The Morgan fingerprint density at radius 3 is 2.14 bits per heavy atom. The van der Waals surface area contributed by atoms with Crippen LogP contribution in [0.2, 0.25) is 0 Å². The van der Waals surface area contributed by atoms with E-state index >= 15 is 0 Å². The molecule has 0 radical (unpaired) electrons. The number of nitrogens with two attached hydrogens (primary N) is 1. The molecule has 1 unspecified atom stereocenters. The van der Waals surface area contributed by atoms with E-state index in [0.717, 1.165) is 0 Å². The molecule has 3 N–H and O–H groups in total. The van der Waals surface area contributed by atoms with Crippen LogP contribution in [0.25, 0.3) is 0 Å². The summed E-state index contributed by atoms with van der Waals surface area (Å²) < 4.78 is 39.1. The van der Waals surface area contributed by atoms with Gasteiger partial charge in [-0.1, -0.05) is 0 Å². The van der Waals surface area contributed by atoms with Crippen molar-refractivity contribution in [3.63, 3.8) is 0 Å². The third-order valence-electron chi connectivity index (χ3n) is 1.31. The van der Waals surface area contributed by atoms with Gasteiger partial charge < -0.3 is 13.9 Å². The van der Waals surface area contributed by atoms with Crippen LogP contribution in [-0.4, -0.2) is 31.9 Å². The van der Waals surface area contributed by atoms with E-state index in [0.29, 0.717) is 0 Å². The van der Waals surface area contributed by atoms with Gasteiger partial charge in [-0.15, -0.1) is 0 Å². The van der Waals surface area contributed by atoms with Crippen molar-refractivity contribution >= 4 is 15.4 Å². The van der Waals surface area contributed by atoms with Crippen LogP contribution in [0.5, 0.6) is 0 Å². The number of phosphoric acid groups is 1. The van der Waals surface area contributed by atoms with Crippen LogP contribution in [0, 0.1) is 0 Å².